The largest absolute Gasteiger partial charge is 0.496 e. The Morgan fingerprint density at radius 2 is 1.96 bits per heavy atom. The Morgan fingerprint density at radius 1 is 1.17 bits per heavy atom. The van der Waals surface area contributed by atoms with Crippen molar-refractivity contribution in [2.75, 3.05) is 13.7 Å². The van der Waals surface area contributed by atoms with E-state index < -0.39 is 0 Å². The van der Waals surface area contributed by atoms with Crippen LogP contribution in [0.1, 0.15) is 18.1 Å². The van der Waals surface area contributed by atoms with Crippen LogP contribution in [0.5, 0.6) is 11.5 Å². The number of hydrogen-bond donors (Lipinski definition) is 1. The van der Waals surface area contributed by atoms with E-state index in [0.29, 0.717) is 12.3 Å². The summed E-state index contributed by atoms with van der Waals surface area (Å²) in [5, 5.41) is 2.83. The first-order chi connectivity index (χ1) is 11.1. The molecule has 122 valence electrons. The van der Waals surface area contributed by atoms with E-state index in [2.05, 4.69) is 28.2 Å². The van der Waals surface area contributed by atoms with E-state index in [9.17, 15) is 4.79 Å². The molecule has 0 fully saturated rings. The van der Waals surface area contributed by atoms with Crippen LogP contribution in [0.4, 0.5) is 0 Å². The fourth-order valence-corrected chi connectivity index (χ4v) is 2.66. The van der Waals surface area contributed by atoms with Gasteiger partial charge in [0.1, 0.15) is 11.5 Å². The number of halogens is 1. The Morgan fingerprint density at radius 3 is 2.65 bits per heavy atom. The van der Waals surface area contributed by atoms with Gasteiger partial charge >= 0.3 is 0 Å². The third-order valence-corrected chi connectivity index (χ3v) is 4.05. The minimum Gasteiger partial charge on any atom is -0.496 e. The van der Waals surface area contributed by atoms with Gasteiger partial charge in [-0.25, -0.2) is 0 Å². The van der Waals surface area contributed by atoms with Gasteiger partial charge in [-0.3, -0.25) is 4.79 Å². The first-order valence-electron chi connectivity index (χ1n) is 7.43. The second-order valence-corrected chi connectivity index (χ2v) is 5.85. The first-order valence-corrected chi connectivity index (χ1v) is 8.23. The molecule has 2 aromatic rings. The van der Waals surface area contributed by atoms with E-state index in [1.807, 2.05) is 42.5 Å². The number of aryl methyl sites for hydroxylation is 1. The summed E-state index contributed by atoms with van der Waals surface area (Å²) in [5.74, 6) is 1.24. The molecular weight excluding hydrogens is 358 g/mol. The standard InChI is InChI=1S/C18H20BrNO3/c1-3-13-8-9-17(15(19)10-13)23-12-18(21)20-11-14-6-4-5-7-16(14)22-2/h4-10H,3,11-12H2,1-2H3,(H,20,21). The molecule has 23 heavy (non-hydrogen) atoms. The van der Waals surface area contributed by atoms with Crippen molar-refractivity contribution in [2.45, 2.75) is 19.9 Å². The molecule has 0 unspecified atom stereocenters. The summed E-state index contributed by atoms with van der Waals surface area (Å²) < 4.78 is 11.7. The molecule has 2 rings (SSSR count). The van der Waals surface area contributed by atoms with Crippen LogP contribution < -0.4 is 14.8 Å². The van der Waals surface area contributed by atoms with Crippen LogP contribution in [0, 0.1) is 0 Å². The van der Waals surface area contributed by atoms with Gasteiger partial charge in [0.15, 0.2) is 6.61 Å². The van der Waals surface area contributed by atoms with E-state index in [-0.39, 0.29) is 12.5 Å². The van der Waals surface area contributed by atoms with Gasteiger partial charge in [0.25, 0.3) is 5.91 Å². The minimum absolute atomic E-state index is 0.0286. The van der Waals surface area contributed by atoms with Gasteiger partial charge in [0.05, 0.1) is 11.6 Å². The van der Waals surface area contributed by atoms with Crippen molar-refractivity contribution >= 4 is 21.8 Å². The monoisotopic (exact) mass is 377 g/mol. The molecule has 0 aromatic heterocycles. The molecule has 0 aliphatic carbocycles. The molecule has 0 radical (unpaired) electrons. The van der Waals surface area contributed by atoms with Crippen LogP contribution in [0.3, 0.4) is 0 Å². The summed E-state index contributed by atoms with van der Waals surface area (Å²) in [7, 11) is 1.61. The molecule has 4 nitrogen and oxygen atoms in total. The Balaban J connectivity index is 1.86. The predicted molar refractivity (Wildman–Crippen MR) is 93.9 cm³/mol. The zero-order valence-electron chi connectivity index (χ0n) is 13.3. The molecular formula is C18H20BrNO3. The van der Waals surface area contributed by atoms with Crippen LogP contribution in [-0.2, 0) is 17.8 Å². The molecule has 0 heterocycles. The second kappa shape index (κ2) is 8.58. The smallest absolute Gasteiger partial charge is 0.258 e. The fraction of sp³-hybridized carbons (Fsp3) is 0.278. The summed E-state index contributed by atoms with van der Waals surface area (Å²) in [6.45, 7) is 2.47. The summed E-state index contributed by atoms with van der Waals surface area (Å²) >= 11 is 3.46. The molecule has 5 heteroatoms. The summed E-state index contributed by atoms with van der Waals surface area (Å²) in [4.78, 5) is 11.9. The Kier molecular flexibility index (Phi) is 6.47. The topological polar surface area (TPSA) is 47.6 Å². The molecule has 0 saturated heterocycles. The van der Waals surface area contributed by atoms with Crippen LogP contribution >= 0.6 is 15.9 Å². The van der Waals surface area contributed by atoms with E-state index in [4.69, 9.17) is 9.47 Å². The number of benzene rings is 2. The van der Waals surface area contributed by atoms with Crippen molar-refractivity contribution in [3.05, 3.63) is 58.1 Å². The highest BCUT2D eigenvalue weighted by molar-refractivity contribution is 9.10. The molecule has 1 N–H and O–H groups in total. The maximum atomic E-state index is 11.9. The third kappa shape index (κ3) is 4.99. The first kappa shape index (κ1) is 17.3. The number of rotatable bonds is 7. The van der Waals surface area contributed by atoms with Gasteiger partial charge in [-0.2, -0.15) is 0 Å². The van der Waals surface area contributed by atoms with Gasteiger partial charge in [-0.05, 0) is 46.1 Å². The molecule has 0 aliphatic rings. The van der Waals surface area contributed by atoms with Gasteiger partial charge in [-0.15, -0.1) is 0 Å². The molecule has 0 saturated carbocycles. The van der Waals surface area contributed by atoms with Crippen LogP contribution in [0.2, 0.25) is 0 Å². The number of ether oxygens (including phenoxy) is 2. The van der Waals surface area contributed by atoms with Crippen molar-refractivity contribution in [1.82, 2.24) is 5.32 Å². The zero-order chi connectivity index (χ0) is 16.7. The van der Waals surface area contributed by atoms with Crippen LogP contribution in [-0.4, -0.2) is 19.6 Å². The maximum absolute atomic E-state index is 11.9. The van der Waals surface area contributed by atoms with E-state index in [1.54, 1.807) is 7.11 Å². The Labute approximate surface area is 144 Å². The Hall–Kier alpha value is -2.01. The normalized spacial score (nSPS) is 10.2. The van der Waals surface area contributed by atoms with Crippen molar-refractivity contribution in [3.8, 4) is 11.5 Å². The van der Waals surface area contributed by atoms with Crippen molar-refractivity contribution in [3.63, 3.8) is 0 Å². The number of para-hydroxylation sites is 1. The van der Waals surface area contributed by atoms with Crippen LogP contribution in [0.15, 0.2) is 46.9 Å². The number of hydrogen-bond acceptors (Lipinski definition) is 3. The summed E-state index contributed by atoms with van der Waals surface area (Å²) in [6.07, 6.45) is 0.957. The average Bonchev–Trinajstić information content (AvgIpc) is 2.58. The molecule has 0 bridgehead atoms. The predicted octanol–water partition coefficient (Wildman–Crippen LogP) is 3.72. The van der Waals surface area contributed by atoms with E-state index in [0.717, 1.165) is 22.2 Å². The number of nitrogens with one attached hydrogen (secondary N) is 1. The average molecular weight is 378 g/mol. The van der Waals surface area contributed by atoms with Gasteiger partial charge < -0.3 is 14.8 Å². The van der Waals surface area contributed by atoms with Gasteiger partial charge in [-0.1, -0.05) is 31.2 Å². The minimum atomic E-state index is -0.178. The molecule has 2 aromatic carbocycles. The lowest BCUT2D eigenvalue weighted by atomic mass is 10.2. The highest BCUT2D eigenvalue weighted by Gasteiger charge is 2.08. The number of carbonyl (C=O) groups excluding carboxylic acids is 1. The second-order valence-electron chi connectivity index (χ2n) is 5.00. The highest BCUT2D eigenvalue weighted by Crippen LogP contribution is 2.26. The fourth-order valence-electron chi connectivity index (χ4n) is 2.12. The number of carbonyl (C=O) groups is 1. The SMILES string of the molecule is CCc1ccc(OCC(=O)NCc2ccccc2OC)c(Br)c1. The molecule has 0 spiro atoms. The van der Waals surface area contributed by atoms with E-state index in [1.165, 1.54) is 5.56 Å². The summed E-state index contributed by atoms with van der Waals surface area (Å²) in [6, 6.07) is 13.5. The highest BCUT2D eigenvalue weighted by atomic mass is 79.9. The molecule has 0 atom stereocenters. The lowest BCUT2D eigenvalue weighted by Gasteiger charge is -2.11. The molecule has 0 aliphatic heterocycles. The summed E-state index contributed by atoms with van der Waals surface area (Å²) in [5.41, 5.74) is 2.14. The van der Waals surface area contributed by atoms with Crippen molar-refractivity contribution in [2.24, 2.45) is 0 Å². The number of methoxy groups -OCH3 is 1. The lowest BCUT2D eigenvalue weighted by Crippen LogP contribution is -2.28. The maximum Gasteiger partial charge on any atom is 0.258 e. The number of amides is 1. The quantitative estimate of drug-likeness (QED) is 0.799. The molecule has 1 amide bonds. The van der Waals surface area contributed by atoms with Gasteiger partial charge in [0, 0.05) is 12.1 Å². The van der Waals surface area contributed by atoms with Crippen molar-refractivity contribution < 1.29 is 14.3 Å². The van der Waals surface area contributed by atoms with Crippen LogP contribution in [0.25, 0.3) is 0 Å². The third-order valence-electron chi connectivity index (χ3n) is 3.43. The zero-order valence-corrected chi connectivity index (χ0v) is 14.9. The Bertz CT molecular complexity index is 673. The lowest BCUT2D eigenvalue weighted by molar-refractivity contribution is -0.123. The van der Waals surface area contributed by atoms with Gasteiger partial charge in [0.2, 0.25) is 0 Å². The van der Waals surface area contributed by atoms with E-state index >= 15 is 0 Å². The van der Waals surface area contributed by atoms with Crippen molar-refractivity contribution in [1.29, 1.82) is 0 Å².